The highest BCUT2D eigenvalue weighted by Crippen LogP contribution is 2.14. The maximum absolute atomic E-state index is 10.9. The van der Waals surface area contributed by atoms with Crippen molar-refractivity contribution in [2.24, 2.45) is 5.73 Å². The third kappa shape index (κ3) is 3.32. The molecule has 0 aliphatic carbocycles. The number of rotatable bonds is 6. The van der Waals surface area contributed by atoms with Crippen LogP contribution in [0.1, 0.15) is 27.2 Å². The molecule has 0 unspecified atom stereocenters. The van der Waals surface area contributed by atoms with Crippen molar-refractivity contribution >= 4 is 5.97 Å². The van der Waals surface area contributed by atoms with Crippen molar-refractivity contribution in [1.29, 1.82) is 0 Å². The maximum Gasteiger partial charge on any atom is 0.323 e. The van der Waals surface area contributed by atoms with Crippen LogP contribution >= 0.6 is 0 Å². The molecule has 0 aliphatic heterocycles. The molecule has 0 saturated carbocycles. The fourth-order valence-electron chi connectivity index (χ4n) is 1.25. The van der Waals surface area contributed by atoms with Gasteiger partial charge >= 0.3 is 5.97 Å². The van der Waals surface area contributed by atoms with Gasteiger partial charge in [-0.25, -0.2) is 0 Å². The lowest BCUT2D eigenvalue weighted by Crippen LogP contribution is -2.50. The van der Waals surface area contributed by atoms with Gasteiger partial charge in [-0.05, 0) is 33.4 Å². The quantitative estimate of drug-likeness (QED) is 0.637. The minimum Gasteiger partial charge on any atom is -0.480 e. The Balaban J connectivity index is 4.28. The van der Waals surface area contributed by atoms with Crippen molar-refractivity contribution in [2.75, 3.05) is 19.6 Å². The topological polar surface area (TPSA) is 66.6 Å². The van der Waals surface area contributed by atoms with Gasteiger partial charge in [0.1, 0.15) is 5.54 Å². The zero-order valence-corrected chi connectivity index (χ0v) is 8.71. The molecule has 0 aromatic rings. The molecule has 0 fully saturated rings. The molecule has 0 aliphatic rings. The molecule has 0 bridgehead atoms. The second-order valence-electron chi connectivity index (χ2n) is 3.59. The number of likely N-dealkylation sites (N-methyl/N-ethyl adjacent to an activating group) is 1. The van der Waals surface area contributed by atoms with E-state index in [0.717, 1.165) is 19.5 Å². The maximum atomic E-state index is 10.9. The molecule has 3 N–H and O–H groups in total. The van der Waals surface area contributed by atoms with Crippen LogP contribution in [0.2, 0.25) is 0 Å². The third-order valence-electron chi connectivity index (χ3n) is 2.33. The Kier molecular flexibility index (Phi) is 4.95. The standard InChI is InChI=1S/C9H20N2O2/c1-4-11(7-5-6-10)9(2,3)8(12)13/h4-7,10H2,1-3H3,(H,12,13). The number of aliphatic carboxylic acids is 1. The Labute approximate surface area is 79.7 Å². The first-order valence-electron chi connectivity index (χ1n) is 4.65. The first kappa shape index (κ1) is 12.4. The van der Waals surface area contributed by atoms with Crippen LogP contribution in [0, 0.1) is 0 Å². The third-order valence-corrected chi connectivity index (χ3v) is 2.33. The van der Waals surface area contributed by atoms with Crippen molar-refractivity contribution in [3.05, 3.63) is 0 Å². The van der Waals surface area contributed by atoms with E-state index < -0.39 is 11.5 Å². The number of hydrogen-bond acceptors (Lipinski definition) is 3. The zero-order chi connectivity index (χ0) is 10.5. The van der Waals surface area contributed by atoms with Gasteiger partial charge in [0, 0.05) is 6.54 Å². The molecular weight excluding hydrogens is 168 g/mol. The van der Waals surface area contributed by atoms with Crippen molar-refractivity contribution in [2.45, 2.75) is 32.7 Å². The lowest BCUT2D eigenvalue weighted by atomic mass is 10.0. The normalized spacial score (nSPS) is 12.1. The smallest absolute Gasteiger partial charge is 0.323 e. The molecule has 0 radical (unpaired) electrons. The van der Waals surface area contributed by atoms with Crippen molar-refractivity contribution < 1.29 is 9.90 Å². The van der Waals surface area contributed by atoms with Gasteiger partial charge in [0.2, 0.25) is 0 Å². The van der Waals surface area contributed by atoms with Crippen LogP contribution in [0.3, 0.4) is 0 Å². The second-order valence-corrected chi connectivity index (χ2v) is 3.59. The summed E-state index contributed by atoms with van der Waals surface area (Å²) in [6.45, 7) is 7.48. The summed E-state index contributed by atoms with van der Waals surface area (Å²) in [4.78, 5) is 12.8. The van der Waals surface area contributed by atoms with Crippen LogP contribution in [0.4, 0.5) is 0 Å². The summed E-state index contributed by atoms with van der Waals surface area (Å²) < 4.78 is 0. The molecule has 0 aromatic heterocycles. The van der Waals surface area contributed by atoms with E-state index in [0.29, 0.717) is 6.54 Å². The predicted molar refractivity (Wildman–Crippen MR) is 52.6 cm³/mol. The lowest BCUT2D eigenvalue weighted by Gasteiger charge is -2.33. The van der Waals surface area contributed by atoms with E-state index in [9.17, 15) is 4.79 Å². The summed E-state index contributed by atoms with van der Waals surface area (Å²) in [5.74, 6) is -0.786. The largest absolute Gasteiger partial charge is 0.480 e. The van der Waals surface area contributed by atoms with E-state index >= 15 is 0 Å². The van der Waals surface area contributed by atoms with E-state index in [1.54, 1.807) is 13.8 Å². The number of carboxylic acid groups (broad SMARTS) is 1. The first-order valence-corrected chi connectivity index (χ1v) is 4.65. The number of hydrogen-bond donors (Lipinski definition) is 2. The SMILES string of the molecule is CCN(CCCN)C(C)(C)C(=O)O. The first-order chi connectivity index (χ1) is 5.96. The van der Waals surface area contributed by atoms with Gasteiger partial charge in [-0.3, -0.25) is 9.69 Å². The molecule has 0 spiro atoms. The van der Waals surface area contributed by atoms with Crippen LogP contribution in [-0.2, 0) is 4.79 Å². The van der Waals surface area contributed by atoms with Crippen molar-refractivity contribution in [3.63, 3.8) is 0 Å². The Morgan fingerprint density at radius 1 is 1.54 bits per heavy atom. The molecule has 13 heavy (non-hydrogen) atoms. The predicted octanol–water partition coefficient (Wildman–Crippen LogP) is 0.520. The summed E-state index contributed by atoms with van der Waals surface area (Å²) in [6.07, 6.45) is 0.838. The summed E-state index contributed by atoms with van der Waals surface area (Å²) in [6, 6.07) is 0. The summed E-state index contributed by atoms with van der Waals surface area (Å²) in [5.41, 5.74) is 4.59. The molecule has 0 saturated heterocycles. The fourth-order valence-corrected chi connectivity index (χ4v) is 1.25. The number of nitrogens with zero attached hydrogens (tertiary/aromatic N) is 1. The van der Waals surface area contributed by atoms with Crippen LogP contribution in [0.15, 0.2) is 0 Å². The van der Waals surface area contributed by atoms with Gasteiger partial charge in [0.05, 0.1) is 0 Å². The van der Waals surface area contributed by atoms with Crippen LogP contribution in [0.25, 0.3) is 0 Å². The molecule has 4 heteroatoms. The van der Waals surface area contributed by atoms with Crippen LogP contribution < -0.4 is 5.73 Å². The van der Waals surface area contributed by atoms with Gasteiger partial charge in [-0.2, -0.15) is 0 Å². The van der Waals surface area contributed by atoms with Crippen molar-refractivity contribution in [3.8, 4) is 0 Å². The molecule has 0 amide bonds. The van der Waals surface area contributed by atoms with E-state index in [2.05, 4.69) is 0 Å². The highest BCUT2D eigenvalue weighted by Gasteiger charge is 2.32. The highest BCUT2D eigenvalue weighted by molar-refractivity contribution is 5.77. The molecular formula is C9H20N2O2. The Morgan fingerprint density at radius 3 is 2.38 bits per heavy atom. The van der Waals surface area contributed by atoms with Crippen LogP contribution in [0.5, 0.6) is 0 Å². The average molecular weight is 188 g/mol. The van der Waals surface area contributed by atoms with Gasteiger partial charge in [0.15, 0.2) is 0 Å². The minimum absolute atomic E-state index is 0.603. The Bertz CT molecular complexity index is 169. The summed E-state index contributed by atoms with van der Waals surface area (Å²) >= 11 is 0. The van der Waals surface area contributed by atoms with Crippen LogP contribution in [-0.4, -0.2) is 41.1 Å². The molecule has 0 heterocycles. The molecule has 0 rings (SSSR count). The number of carbonyl (C=O) groups is 1. The summed E-state index contributed by atoms with van der Waals surface area (Å²) in [5, 5.41) is 8.97. The van der Waals surface area contributed by atoms with Gasteiger partial charge in [-0.1, -0.05) is 6.92 Å². The highest BCUT2D eigenvalue weighted by atomic mass is 16.4. The van der Waals surface area contributed by atoms with Gasteiger partial charge < -0.3 is 10.8 Å². The zero-order valence-electron chi connectivity index (χ0n) is 8.71. The number of carboxylic acids is 1. The van der Waals surface area contributed by atoms with E-state index in [4.69, 9.17) is 10.8 Å². The molecule has 78 valence electrons. The Morgan fingerprint density at radius 2 is 2.08 bits per heavy atom. The molecule has 0 aromatic carbocycles. The molecule has 4 nitrogen and oxygen atoms in total. The van der Waals surface area contributed by atoms with E-state index in [1.165, 1.54) is 0 Å². The fraction of sp³-hybridized carbons (Fsp3) is 0.889. The lowest BCUT2D eigenvalue weighted by molar-refractivity contribution is -0.149. The van der Waals surface area contributed by atoms with Crippen molar-refractivity contribution in [1.82, 2.24) is 4.90 Å². The van der Waals surface area contributed by atoms with Gasteiger partial charge in [0.25, 0.3) is 0 Å². The van der Waals surface area contributed by atoms with Gasteiger partial charge in [-0.15, -0.1) is 0 Å². The minimum atomic E-state index is -0.788. The van der Waals surface area contributed by atoms with E-state index in [1.807, 2.05) is 11.8 Å². The number of nitrogens with two attached hydrogens (primary N) is 1. The average Bonchev–Trinajstić information content (AvgIpc) is 2.05. The van der Waals surface area contributed by atoms with E-state index in [-0.39, 0.29) is 0 Å². The molecule has 0 atom stereocenters. The monoisotopic (exact) mass is 188 g/mol. The Hall–Kier alpha value is -0.610. The second kappa shape index (κ2) is 5.19. The summed E-state index contributed by atoms with van der Waals surface area (Å²) in [7, 11) is 0.